The molecule has 2 aromatic rings. The maximum atomic E-state index is 12.8. The van der Waals surface area contributed by atoms with Crippen molar-refractivity contribution in [1.82, 2.24) is 24.8 Å². The van der Waals surface area contributed by atoms with Crippen molar-refractivity contribution in [3.63, 3.8) is 0 Å². The third kappa shape index (κ3) is 3.42. The van der Waals surface area contributed by atoms with Crippen LogP contribution < -0.4 is 11.3 Å². The molecule has 12 heteroatoms. The Morgan fingerprint density at radius 2 is 2.23 bits per heavy atom. The molecule has 0 aromatic carbocycles. The van der Waals surface area contributed by atoms with E-state index in [1.165, 1.54) is 18.7 Å². The summed E-state index contributed by atoms with van der Waals surface area (Å²) in [5.41, 5.74) is 5.08. The summed E-state index contributed by atoms with van der Waals surface area (Å²) in [6, 6.07) is -0.872. The number of carbonyl (C=O) groups excluding carboxylic acids is 2. The maximum absolute atomic E-state index is 12.8. The van der Waals surface area contributed by atoms with Gasteiger partial charge in [0.15, 0.2) is 11.7 Å². The summed E-state index contributed by atoms with van der Waals surface area (Å²) in [4.78, 5) is 35.4. The van der Waals surface area contributed by atoms with Gasteiger partial charge >= 0.3 is 12.0 Å². The third-order valence-electron chi connectivity index (χ3n) is 3.71. The molecule has 3 rings (SSSR count). The molecule has 140 valence electrons. The number of hydrogen-bond acceptors (Lipinski definition) is 9. The van der Waals surface area contributed by atoms with E-state index in [-0.39, 0.29) is 17.6 Å². The number of nitrogens with two attached hydrogens (primary N) is 1. The zero-order valence-corrected chi connectivity index (χ0v) is 15.1. The summed E-state index contributed by atoms with van der Waals surface area (Å²) in [5.74, 6) is 0.00305. The fourth-order valence-electron chi connectivity index (χ4n) is 2.59. The zero-order chi connectivity index (χ0) is 18.8. The van der Waals surface area contributed by atoms with Crippen molar-refractivity contribution in [1.29, 1.82) is 0 Å². The van der Waals surface area contributed by atoms with Crippen molar-refractivity contribution >= 4 is 34.8 Å². The van der Waals surface area contributed by atoms with Crippen molar-refractivity contribution in [2.45, 2.75) is 38.4 Å². The summed E-state index contributed by atoms with van der Waals surface area (Å²) >= 11 is 1.38. The van der Waals surface area contributed by atoms with Crippen molar-refractivity contribution in [2.75, 3.05) is 12.4 Å². The standard InChI is InChI=1S/C14H18N6O5S/c1-3-4-8-11-12(20(17-8)14(15)23)13(22)19(18-16-11)9-6-26-10(25-9)5-24-7(2)21/h9-10H,3-6H2,1-2H3,(H2,15,23). The molecule has 0 bridgehead atoms. The van der Waals surface area contributed by atoms with Gasteiger partial charge in [-0.3, -0.25) is 9.59 Å². The van der Waals surface area contributed by atoms with E-state index in [1.807, 2.05) is 6.92 Å². The summed E-state index contributed by atoms with van der Waals surface area (Å²) in [7, 11) is 0. The molecule has 11 nitrogen and oxygen atoms in total. The molecule has 0 aliphatic carbocycles. The Kier molecular flexibility index (Phi) is 5.23. The van der Waals surface area contributed by atoms with Gasteiger partial charge in [-0.1, -0.05) is 18.6 Å². The number of nitrogens with zero attached hydrogens (tertiary/aromatic N) is 5. The molecule has 26 heavy (non-hydrogen) atoms. The second-order valence-electron chi connectivity index (χ2n) is 5.64. The lowest BCUT2D eigenvalue weighted by Gasteiger charge is -2.13. The molecule has 1 fully saturated rings. The van der Waals surface area contributed by atoms with Gasteiger partial charge in [0.2, 0.25) is 0 Å². The lowest BCUT2D eigenvalue weighted by molar-refractivity contribution is -0.144. The minimum atomic E-state index is -0.872. The first-order valence-corrected chi connectivity index (χ1v) is 9.04. The number of aromatic nitrogens is 5. The van der Waals surface area contributed by atoms with Crippen LogP contribution in [0.2, 0.25) is 0 Å². The molecule has 1 saturated heterocycles. The Balaban J connectivity index is 1.95. The Bertz CT molecular complexity index is 909. The molecular formula is C14H18N6O5S. The number of thioether (sulfide) groups is 1. The number of esters is 1. The molecular weight excluding hydrogens is 364 g/mol. The van der Waals surface area contributed by atoms with Crippen LogP contribution in [0.1, 0.15) is 32.2 Å². The number of fused-ring (bicyclic) bond motifs is 1. The van der Waals surface area contributed by atoms with Crippen LogP contribution in [0.3, 0.4) is 0 Å². The first kappa shape index (κ1) is 18.3. The Morgan fingerprint density at radius 3 is 2.88 bits per heavy atom. The first-order chi connectivity index (χ1) is 12.4. The zero-order valence-electron chi connectivity index (χ0n) is 14.2. The van der Waals surface area contributed by atoms with E-state index >= 15 is 0 Å². The van der Waals surface area contributed by atoms with Gasteiger partial charge in [-0.05, 0) is 6.42 Å². The number of amides is 1. The Morgan fingerprint density at radius 1 is 1.46 bits per heavy atom. The van der Waals surface area contributed by atoms with Crippen LogP contribution >= 0.6 is 11.8 Å². The van der Waals surface area contributed by atoms with E-state index in [2.05, 4.69) is 15.4 Å². The molecule has 3 heterocycles. The SMILES string of the molecule is CCCc1nn(C(N)=O)c2c(=O)n(C3CSC(COC(C)=O)O3)nnc12. The number of hydrogen-bond donors (Lipinski definition) is 1. The third-order valence-corrected chi connectivity index (χ3v) is 4.80. The highest BCUT2D eigenvalue weighted by atomic mass is 32.2. The molecule has 2 unspecified atom stereocenters. The van der Waals surface area contributed by atoms with Crippen molar-refractivity contribution in [3.8, 4) is 0 Å². The molecule has 2 atom stereocenters. The van der Waals surface area contributed by atoms with Gasteiger partial charge < -0.3 is 15.2 Å². The van der Waals surface area contributed by atoms with Gasteiger partial charge in [-0.15, -0.1) is 16.9 Å². The largest absolute Gasteiger partial charge is 0.462 e. The number of aryl methyl sites for hydroxylation is 1. The summed E-state index contributed by atoms with van der Waals surface area (Å²) < 4.78 is 12.5. The van der Waals surface area contributed by atoms with Crippen LogP contribution in [-0.4, -0.2) is 54.6 Å². The highest BCUT2D eigenvalue weighted by Gasteiger charge is 2.31. The summed E-state index contributed by atoms with van der Waals surface area (Å²) in [5, 5.41) is 12.1. The van der Waals surface area contributed by atoms with Gasteiger partial charge in [0, 0.05) is 12.7 Å². The Labute approximate surface area is 151 Å². The topological polar surface area (TPSA) is 144 Å². The highest BCUT2D eigenvalue weighted by molar-refractivity contribution is 8.00. The second kappa shape index (κ2) is 7.41. The molecule has 2 N–H and O–H groups in total. The van der Waals surface area contributed by atoms with E-state index in [4.69, 9.17) is 15.2 Å². The lowest BCUT2D eigenvalue weighted by Crippen LogP contribution is -2.33. The minimum absolute atomic E-state index is 0.0204. The van der Waals surface area contributed by atoms with E-state index < -0.39 is 29.2 Å². The summed E-state index contributed by atoms with van der Waals surface area (Å²) in [6.07, 6.45) is 0.598. The fourth-order valence-corrected chi connectivity index (χ4v) is 3.56. The van der Waals surface area contributed by atoms with E-state index in [0.717, 1.165) is 15.8 Å². The number of carbonyl (C=O) groups is 2. The fraction of sp³-hybridized carbons (Fsp3) is 0.571. The molecule has 2 aromatic heterocycles. The van der Waals surface area contributed by atoms with Crippen LogP contribution in [0.15, 0.2) is 4.79 Å². The predicted molar refractivity (Wildman–Crippen MR) is 91.6 cm³/mol. The lowest BCUT2D eigenvalue weighted by atomic mass is 10.2. The van der Waals surface area contributed by atoms with Crippen molar-refractivity contribution in [2.24, 2.45) is 5.73 Å². The summed E-state index contributed by atoms with van der Waals surface area (Å²) in [6.45, 7) is 3.32. The van der Waals surface area contributed by atoms with Crippen LogP contribution in [0, 0.1) is 0 Å². The quantitative estimate of drug-likeness (QED) is 0.707. The van der Waals surface area contributed by atoms with E-state index in [9.17, 15) is 14.4 Å². The van der Waals surface area contributed by atoms with Gasteiger partial charge in [0.05, 0.1) is 5.69 Å². The van der Waals surface area contributed by atoms with Crippen molar-refractivity contribution in [3.05, 3.63) is 16.0 Å². The highest BCUT2D eigenvalue weighted by Crippen LogP contribution is 2.30. The first-order valence-electron chi connectivity index (χ1n) is 7.99. The monoisotopic (exact) mass is 382 g/mol. The van der Waals surface area contributed by atoms with Gasteiger partial charge in [0.25, 0.3) is 5.56 Å². The molecule has 1 amide bonds. The normalized spacial score (nSPS) is 19.8. The molecule has 0 radical (unpaired) electrons. The molecule has 1 aliphatic heterocycles. The number of ether oxygens (including phenoxy) is 2. The Hall–Kier alpha value is -2.47. The van der Waals surface area contributed by atoms with Gasteiger partial charge in [0.1, 0.15) is 17.6 Å². The molecule has 1 aliphatic rings. The molecule has 0 saturated carbocycles. The van der Waals surface area contributed by atoms with E-state index in [1.54, 1.807) is 0 Å². The maximum Gasteiger partial charge on any atom is 0.340 e. The average molecular weight is 382 g/mol. The van der Waals surface area contributed by atoms with Crippen LogP contribution in [0.25, 0.3) is 11.0 Å². The predicted octanol–water partition coefficient (Wildman–Crippen LogP) is 0.0185. The van der Waals surface area contributed by atoms with Gasteiger partial charge in [-0.25, -0.2) is 4.79 Å². The van der Waals surface area contributed by atoms with Crippen molar-refractivity contribution < 1.29 is 19.1 Å². The van der Waals surface area contributed by atoms with Crippen LogP contribution in [0.4, 0.5) is 4.79 Å². The molecule has 0 spiro atoms. The van der Waals surface area contributed by atoms with E-state index in [0.29, 0.717) is 17.9 Å². The van der Waals surface area contributed by atoms with Crippen LogP contribution in [0.5, 0.6) is 0 Å². The van der Waals surface area contributed by atoms with Gasteiger partial charge in [-0.2, -0.15) is 14.5 Å². The smallest absolute Gasteiger partial charge is 0.340 e. The minimum Gasteiger partial charge on any atom is -0.462 e. The average Bonchev–Trinajstić information content (AvgIpc) is 3.19. The second-order valence-corrected chi connectivity index (χ2v) is 6.83. The number of rotatable bonds is 5. The number of primary amides is 1. The van der Waals surface area contributed by atoms with Crippen LogP contribution in [-0.2, 0) is 20.7 Å².